The molecule has 152 valence electrons. The van der Waals surface area contributed by atoms with Crippen LogP contribution in [-0.4, -0.2) is 42.2 Å². The number of rotatable bonds is 7. The minimum atomic E-state index is -0.852. The third-order valence-corrected chi connectivity index (χ3v) is 5.44. The Morgan fingerprint density at radius 2 is 2.00 bits per heavy atom. The van der Waals surface area contributed by atoms with Gasteiger partial charge in [-0.05, 0) is 36.6 Å². The molecular formula is C23H23Cl2NO3. The summed E-state index contributed by atoms with van der Waals surface area (Å²) in [7, 11) is 0. The molecule has 3 rings (SSSR count). The van der Waals surface area contributed by atoms with Crippen LogP contribution in [0, 0.1) is 6.92 Å². The molecule has 0 amide bonds. The highest BCUT2D eigenvalue weighted by Crippen LogP contribution is 2.32. The second-order valence-electron chi connectivity index (χ2n) is 6.94. The molecule has 4 nitrogen and oxygen atoms in total. The minimum Gasteiger partial charge on any atom is -0.499 e. The number of carboxylic acids is 1. The zero-order valence-corrected chi connectivity index (χ0v) is 17.7. The van der Waals surface area contributed by atoms with E-state index in [1.165, 1.54) is 0 Å². The summed E-state index contributed by atoms with van der Waals surface area (Å²) in [6.45, 7) is 4.41. The molecule has 0 saturated heterocycles. The van der Waals surface area contributed by atoms with Crippen LogP contribution in [0.25, 0.3) is 5.57 Å². The van der Waals surface area contributed by atoms with Gasteiger partial charge in [-0.1, -0.05) is 59.6 Å². The largest absolute Gasteiger partial charge is 0.499 e. The van der Waals surface area contributed by atoms with Gasteiger partial charge in [-0.25, -0.2) is 4.79 Å². The van der Waals surface area contributed by atoms with Crippen LogP contribution in [-0.2, 0) is 9.53 Å². The molecule has 1 aliphatic rings. The Labute approximate surface area is 181 Å². The molecule has 0 saturated carbocycles. The Kier molecular flexibility index (Phi) is 7.37. The van der Waals surface area contributed by atoms with Crippen molar-refractivity contribution < 1.29 is 14.6 Å². The molecule has 2 aromatic rings. The first kappa shape index (κ1) is 21.4. The van der Waals surface area contributed by atoms with Crippen molar-refractivity contribution in [3.05, 3.63) is 87.1 Å². The zero-order chi connectivity index (χ0) is 20.8. The van der Waals surface area contributed by atoms with Crippen molar-refractivity contribution in [2.45, 2.75) is 13.3 Å². The van der Waals surface area contributed by atoms with Crippen molar-refractivity contribution in [3.63, 3.8) is 0 Å². The molecule has 29 heavy (non-hydrogen) atoms. The molecule has 0 radical (unpaired) electrons. The maximum atomic E-state index is 11.2. The predicted molar refractivity (Wildman–Crippen MR) is 117 cm³/mol. The van der Waals surface area contributed by atoms with Crippen LogP contribution < -0.4 is 0 Å². The number of aryl methyl sites for hydroxylation is 1. The number of carbonyl (C=O) groups is 1. The van der Waals surface area contributed by atoms with Gasteiger partial charge >= 0.3 is 5.97 Å². The molecule has 0 bridgehead atoms. The fourth-order valence-electron chi connectivity index (χ4n) is 3.33. The highest BCUT2D eigenvalue weighted by atomic mass is 35.5. The predicted octanol–water partition coefficient (Wildman–Crippen LogP) is 5.42. The highest BCUT2D eigenvalue weighted by molar-refractivity contribution is 6.35. The first-order valence-corrected chi connectivity index (χ1v) is 10.2. The Balaban J connectivity index is 1.75. The second kappa shape index (κ2) is 9.97. The summed E-state index contributed by atoms with van der Waals surface area (Å²) in [6, 6.07) is 13.5. The smallest absolute Gasteiger partial charge is 0.332 e. The summed E-state index contributed by atoms with van der Waals surface area (Å²) in [5, 5.41) is 10.3. The lowest BCUT2D eigenvalue weighted by Gasteiger charge is -2.25. The minimum absolute atomic E-state index is 0.441. The maximum Gasteiger partial charge on any atom is 0.332 e. The molecule has 1 aliphatic heterocycles. The third-order valence-electron chi connectivity index (χ3n) is 4.89. The van der Waals surface area contributed by atoms with Crippen molar-refractivity contribution >= 4 is 34.7 Å². The number of ether oxygens (including phenoxy) is 1. The molecule has 2 aromatic carbocycles. The third kappa shape index (κ3) is 5.63. The molecule has 0 atom stereocenters. The number of carboxylic acid groups (broad SMARTS) is 1. The van der Waals surface area contributed by atoms with Crippen molar-refractivity contribution in [1.82, 2.24) is 4.90 Å². The van der Waals surface area contributed by atoms with E-state index in [1.54, 1.807) is 18.4 Å². The van der Waals surface area contributed by atoms with Crippen LogP contribution >= 0.6 is 23.2 Å². The lowest BCUT2D eigenvalue weighted by molar-refractivity contribution is -0.133. The summed E-state index contributed by atoms with van der Waals surface area (Å²) >= 11 is 12.5. The summed E-state index contributed by atoms with van der Waals surface area (Å²) in [6.07, 6.45) is 4.26. The molecule has 0 aliphatic carbocycles. The lowest BCUT2D eigenvalue weighted by atomic mass is 9.95. The average molecular weight is 432 g/mol. The molecule has 0 unspecified atom stereocenters. The number of hydrogen-bond donors (Lipinski definition) is 1. The normalized spacial score (nSPS) is 15.1. The van der Waals surface area contributed by atoms with E-state index in [2.05, 4.69) is 4.90 Å². The van der Waals surface area contributed by atoms with Crippen LogP contribution in [0.4, 0.5) is 0 Å². The standard InChI is InChI=1S/C23H23Cl2NO3/c1-16-5-2-3-7-19(16)21(20-9-8-18(24)13-22(20)25)15-29-12-11-26-10-4-6-17(14-26)23(27)28/h2-3,5-9,13,15H,4,10-12,14H2,1H3,(H,27,28)/b21-15+. The first-order valence-electron chi connectivity index (χ1n) is 9.43. The topological polar surface area (TPSA) is 49.8 Å². The van der Waals surface area contributed by atoms with Crippen molar-refractivity contribution in [2.24, 2.45) is 0 Å². The van der Waals surface area contributed by atoms with Crippen LogP contribution in [0.2, 0.25) is 10.0 Å². The monoisotopic (exact) mass is 431 g/mol. The number of aliphatic carboxylic acids is 1. The quantitative estimate of drug-likeness (QED) is 0.469. The summed E-state index contributed by atoms with van der Waals surface area (Å²) in [4.78, 5) is 13.2. The highest BCUT2D eigenvalue weighted by Gasteiger charge is 2.17. The van der Waals surface area contributed by atoms with Gasteiger partial charge in [-0.3, -0.25) is 4.90 Å². The van der Waals surface area contributed by atoms with Crippen LogP contribution in [0.3, 0.4) is 0 Å². The van der Waals surface area contributed by atoms with Gasteiger partial charge < -0.3 is 9.84 Å². The SMILES string of the molecule is Cc1ccccc1/C(=C\OCCN1CCC=C(C(=O)O)C1)c1ccc(Cl)cc1Cl. The van der Waals surface area contributed by atoms with Crippen LogP contribution in [0.15, 0.2) is 60.4 Å². The molecule has 0 spiro atoms. The molecule has 6 heteroatoms. The average Bonchev–Trinajstić information content (AvgIpc) is 2.70. The van der Waals surface area contributed by atoms with Gasteiger partial charge in [-0.2, -0.15) is 0 Å². The Morgan fingerprint density at radius 3 is 2.72 bits per heavy atom. The number of benzene rings is 2. The van der Waals surface area contributed by atoms with E-state index < -0.39 is 5.97 Å². The number of halogens is 2. The molecule has 1 heterocycles. The molecule has 0 aromatic heterocycles. The van der Waals surface area contributed by atoms with Gasteiger partial charge in [0.1, 0.15) is 6.61 Å². The van der Waals surface area contributed by atoms with E-state index in [4.69, 9.17) is 33.0 Å². The Bertz CT molecular complexity index is 953. The number of nitrogens with zero attached hydrogens (tertiary/aromatic N) is 1. The van der Waals surface area contributed by atoms with Crippen molar-refractivity contribution in [3.8, 4) is 0 Å². The Hall–Kier alpha value is -2.27. The van der Waals surface area contributed by atoms with Gasteiger partial charge in [-0.15, -0.1) is 0 Å². The van der Waals surface area contributed by atoms with Gasteiger partial charge in [0, 0.05) is 41.4 Å². The summed E-state index contributed by atoms with van der Waals surface area (Å²) in [5.74, 6) is -0.852. The van der Waals surface area contributed by atoms with Crippen LogP contribution in [0.5, 0.6) is 0 Å². The first-order chi connectivity index (χ1) is 14.0. The van der Waals surface area contributed by atoms with E-state index in [1.807, 2.05) is 43.3 Å². The zero-order valence-electron chi connectivity index (χ0n) is 16.2. The van der Waals surface area contributed by atoms with Crippen molar-refractivity contribution in [2.75, 3.05) is 26.2 Å². The summed E-state index contributed by atoms with van der Waals surface area (Å²) in [5.41, 5.74) is 4.32. The Morgan fingerprint density at radius 1 is 1.21 bits per heavy atom. The number of hydrogen-bond acceptors (Lipinski definition) is 3. The molecular weight excluding hydrogens is 409 g/mol. The van der Waals surface area contributed by atoms with Gasteiger partial charge in [0.2, 0.25) is 0 Å². The fraction of sp³-hybridized carbons (Fsp3) is 0.261. The van der Waals surface area contributed by atoms with Crippen molar-refractivity contribution in [1.29, 1.82) is 0 Å². The van der Waals surface area contributed by atoms with E-state index >= 15 is 0 Å². The van der Waals surface area contributed by atoms with Gasteiger partial charge in [0.15, 0.2) is 0 Å². The molecule has 1 N–H and O–H groups in total. The van der Waals surface area contributed by atoms with Gasteiger partial charge in [0.05, 0.1) is 11.3 Å². The molecule has 0 fully saturated rings. The maximum absolute atomic E-state index is 11.2. The van der Waals surface area contributed by atoms with E-state index in [0.29, 0.717) is 35.3 Å². The van der Waals surface area contributed by atoms with Gasteiger partial charge in [0.25, 0.3) is 0 Å². The fourth-order valence-corrected chi connectivity index (χ4v) is 3.84. The summed E-state index contributed by atoms with van der Waals surface area (Å²) < 4.78 is 5.88. The van der Waals surface area contributed by atoms with Crippen LogP contribution in [0.1, 0.15) is 23.1 Å². The second-order valence-corrected chi connectivity index (χ2v) is 7.78. The lowest BCUT2D eigenvalue weighted by Crippen LogP contribution is -2.34. The van der Waals surface area contributed by atoms with E-state index in [9.17, 15) is 4.79 Å². The van der Waals surface area contributed by atoms with E-state index in [0.717, 1.165) is 35.2 Å². The van der Waals surface area contributed by atoms with E-state index in [-0.39, 0.29) is 0 Å².